The summed E-state index contributed by atoms with van der Waals surface area (Å²) in [5.41, 5.74) is 0. The van der Waals surface area contributed by atoms with E-state index in [-0.39, 0.29) is 0 Å². The van der Waals surface area contributed by atoms with E-state index in [2.05, 4.69) is 31.1 Å². The van der Waals surface area contributed by atoms with E-state index in [1.165, 1.54) is 77.4 Å². The maximum Gasteiger partial charge on any atom is 0.00671 e. The van der Waals surface area contributed by atoms with Gasteiger partial charge in [-0.2, -0.15) is 0 Å². The minimum atomic E-state index is 0.781. The van der Waals surface area contributed by atoms with Crippen molar-refractivity contribution in [2.24, 2.45) is 5.92 Å². The Labute approximate surface area is 121 Å². The van der Waals surface area contributed by atoms with Crippen molar-refractivity contribution >= 4 is 0 Å². The summed E-state index contributed by atoms with van der Waals surface area (Å²) >= 11 is 0. The second-order valence-corrected chi connectivity index (χ2v) is 6.51. The molecule has 1 heterocycles. The van der Waals surface area contributed by atoms with Crippen molar-refractivity contribution in [2.75, 3.05) is 26.7 Å². The Balaban J connectivity index is 2.18. The van der Waals surface area contributed by atoms with Crippen molar-refractivity contribution in [3.63, 3.8) is 0 Å². The molecule has 0 bridgehead atoms. The fraction of sp³-hybridized carbons (Fsp3) is 1.00. The smallest absolute Gasteiger partial charge is 0.00671 e. The first-order valence-electron chi connectivity index (χ1n) is 8.68. The van der Waals surface area contributed by atoms with Gasteiger partial charge in [0.25, 0.3) is 0 Å². The van der Waals surface area contributed by atoms with Crippen LogP contribution >= 0.6 is 0 Å². The molecule has 1 aliphatic rings. The summed E-state index contributed by atoms with van der Waals surface area (Å²) in [5.74, 6) is 0.893. The third-order valence-corrected chi connectivity index (χ3v) is 4.50. The standard InChI is InChI=1S/C17H36N2/c1-4-6-8-10-17(11-9-7-5-2)18-14-16-12-13-19(3)15-16/h16-18H,4-15H2,1-3H3. The fourth-order valence-corrected chi connectivity index (χ4v) is 3.16. The molecule has 0 aromatic heterocycles. The van der Waals surface area contributed by atoms with Crippen LogP contribution in [0.15, 0.2) is 0 Å². The van der Waals surface area contributed by atoms with Gasteiger partial charge in [-0.25, -0.2) is 0 Å². The van der Waals surface area contributed by atoms with E-state index in [1.54, 1.807) is 0 Å². The lowest BCUT2D eigenvalue weighted by atomic mass is 10.0. The highest BCUT2D eigenvalue weighted by molar-refractivity contribution is 4.77. The Morgan fingerprint density at radius 2 is 1.68 bits per heavy atom. The fourth-order valence-electron chi connectivity index (χ4n) is 3.16. The molecule has 0 amide bonds. The number of unbranched alkanes of at least 4 members (excludes halogenated alkanes) is 4. The van der Waals surface area contributed by atoms with Crippen LogP contribution in [0.4, 0.5) is 0 Å². The van der Waals surface area contributed by atoms with E-state index < -0.39 is 0 Å². The van der Waals surface area contributed by atoms with Gasteiger partial charge in [0.2, 0.25) is 0 Å². The van der Waals surface area contributed by atoms with Crippen LogP contribution in [0.25, 0.3) is 0 Å². The molecule has 0 aromatic carbocycles. The third-order valence-electron chi connectivity index (χ3n) is 4.50. The quantitative estimate of drug-likeness (QED) is 0.569. The minimum absolute atomic E-state index is 0.781. The van der Waals surface area contributed by atoms with E-state index in [1.807, 2.05) is 0 Å². The first kappa shape index (κ1) is 17.0. The van der Waals surface area contributed by atoms with Crippen molar-refractivity contribution in [3.8, 4) is 0 Å². The Morgan fingerprint density at radius 3 is 2.16 bits per heavy atom. The lowest BCUT2D eigenvalue weighted by molar-refractivity contribution is 0.359. The van der Waals surface area contributed by atoms with Gasteiger partial charge in [0.1, 0.15) is 0 Å². The Bertz CT molecular complexity index is 195. The maximum atomic E-state index is 3.87. The van der Waals surface area contributed by atoms with Gasteiger partial charge in [0, 0.05) is 12.6 Å². The van der Waals surface area contributed by atoms with Crippen LogP contribution in [-0.4, -0.2) is 37.6 Å². The summed E-state index contributed by atoms with van der Waals surface area (Å²) in [7, 11) is 2.25. The van der Waals surface area contributed by atoms with Crippen LogP contribution in [-0.2, 0) is 0 Å². The third kappa shape index (κ3) is 7.94. The van der Waals surface area contributed by atoms with Crippen LogP contribution in [0.2, 0.25) is 0 Å². The van der Waals surface area contributed by atoms with Crippen LogP contribution in [0.5, 0.6) is 0 Å². The molecular weight excluding hydrogens is 232 g/mol. The van der Waals surface area contributed by atoms with Gasteiger partial charge < -0.3 is 10.2 Å². The summed E-state index contributed by atoms with van der Waals surface area (Å²) in [6.07, 6.45) is 12.5. The largest absolute Gasteiger partial charge is 0.314 e. The molecule has 1 saturated heterocycles. The Kier molecular flexibility index (Phi) is 9.54. The SMILES string of the molecule is CCCCCC(CCCCC)NCC1CCN(C)C1. The molecule has 1 N–H and O–H groups in total. The van der Waals surface area contributed by atoms with Crippen LogP contribution in [0, 0.1) is 5.92 Å². The molecule has 0 saturated carbocycles. The number of likely N-dealkylation sites (tertiary alicyclic amines) is 1. The molecule has 19 heavy (non-hydrogen) atoms. The zero-order chi connectivity index (χ0) is 13.9. The first-order chi connectivity index (χ1) is 9.26. The predicted molar refractivity (Wildman–Crippen MR) is 85.7 cm³/mol. The highest BCUT2D eigenvalue weighted by Gasteiger charge is 2.20. The summed E-state index contributed by atoms with van der Waals surface area (Å²) in [6.45, 7) is 8.43. The number of hydrogen-bond donors (Lipinski definition) is 1. The van der Waals surface area contributed by atoms with Gasteiger partial charge in [0.05, 0.1) is 0 Å². The average Bonchev–Trinajstić information content (AvgIpc) is 2.81. The van der Waals surface area contributed by atoms with E-state index in [0.717, 1.165) is 12.0 Å². The normalized spacial score (nSPS) is 20.5. The summed E-state index contributed by atoms with van der Waals surface area (Å²) in [6, 6.07) is 0.781. The van der Waals surface area contributed by atoms with Crippen molar-refractivity contribution in [2.45, 2.75) is 77.7 Å². The molecule has 2 nitrogen and oxygen atoms in total. The van der Waals surface area contributed by atoms with Gasteiger partial charge in [0.15, 0.2) is 0 Å². The average molecular weight is 268 g/mol. The molecule has 0 aromatic rings. The van der Waals surface area contributed by atoms with Crippen LogP contribution < -0.4 is 5.32 Å². The monoisotopic (exact) mass is 268 g/mol. The van der Waals surface area contributed by atoms with Crippen LogP contribution in [0.3, 0.4) is 0 Å². The molecular formula is C17H36N2. The molecule has 1 rings (SSSR count). The number of rotatable bonds is 11. The van der Waals surface area contributed by atoms with Gasteiger partial charge in [-0.05, 0) is 45.3 Å². The number of nitrogens with one attached hydrogen (secondary N) is 1. The van der Waals surface area contributed by atoms with E-state index in [4.69, 9.17) is 0 Å². The highest BCUT2D eigenvalue weighted by atomic mass is 15.1. The van der Waals surface area contributed by atoms with Crippen molar-refractivity contribution in [1.29, 1.82) is 0 Å². The summed E-state index contributed by atoms with van der Waals surface area (Å²) in [5, 5.41) is 3.87. The molecule has 0 radical (unpaired) electrons. The lowest BCUT2D eigenvalue weighted by Gasteiger charge is -2.21. The Morgan fingerprint density at radius 1 is 1.05 bits per heavy atom. The van der Waals surface area contributed by atoms with Crippen molar-refractivity contribution in [1.82, 2.24) is 10.2 Å². The number of nitrogens with zero attached hydrogens (tertiary/aromatic N) is 1. The van der Waals surface area contributed by atoms with E-state index >= 15 is 0 Å². The van der Waals surface area contributed by atoms with Crippen LogP contribution in [0.1, 0.15) is 71.6 Å². The maximum absolute atomic E-state index is 3.87. The zero-order valence-corrected chi connectivity index (χ0v) is 13.6. The topological polar surface area (TPSA) is 15.3 Å². The second-order valence-electron chi connectivity index (χ2n) is 6.51. The summed E-state index contributed by atoms with van der Waals surface area (Å²) < 4.78 is 0. The van der Waals surface area contributed by atoms with Gasteiger partial charge in [-0.3, -0.25) is 0 Å². The molecule has 1 aliphatic heterocycles. The molecule has 1 fully saturated rings. The van der Waals surface area contributed by atoms with Crippen molar-refractivity contribution < 1.29 is 0 Å². The molecule has 0 spiro atoms. The van der Waals surface area contributed by atoms with E-state index in [0.29, 0.717) is 0 Å². The second kappa shape index (κ2) is 10.7. The highest BCUT2D eigenvalue weighted by Crippen LogP contribution is 2.15. The summed E-state index contributed by atoms with van der Waals surface area (Å²) in [4.78, 5) is 2.47. The molecule has 2 heteroatoms. The lowest BCUT2D eigenvalue weighted by Crippen LogP contribution is -2.34. The number of hydrogen-bond acceptors (Lipinski definition) is 2. The first-order valence-corrected chi connectivity index (χ1v) is 8.68. The minimum Gasteiger partial charge on any atom is -0.314 e. The predicted octanol–water partition coefficient (Wildman–Crippen LogP) is 4.06. The molecule has 1 atom stereocenters. The van der Waals surface area contributed by atoms with Crippen molar-refractivity contribution in [3.05, 3.63) is 0 Å². The molecule has 1 unspecified atom stereocenters. The molecule has 114 valence electrons. The van der Waals surface area contributed by atoms with Gasteiger partial charge in [-0.15, -0.1) is 0 Å². The van der Waals surface area contributed by atoms with Gasteiger partial charge >= 0.3 is 0 Å². The zero-order valence-electron chi connectivity index (χ0n) is 13.6. The Hall–Kier alpha value is -0.0800. The van der Waals surface area contributed by atoms with E-state index in [9.17, 15) is 0 Å². The van der Waals surface area contributed by atoms with Gasteiger partial charge in [-0.1, -0.05) is 52.4 Å². The molecule has 0 aliphatic carbocycles.